The molecule has 0 aliphatic heterocycles. The molecule has 0 spiro atoms. The smallest absolute Gasteiger partial charge is 0.341 e. The van der Waals surface area contributed by atoms with Gasteiger partial charge in [-0.05, 0) is 44.0 Å². The quantitative estimate of drug-likeness (QED) is 0.228. The van der Waals surface area contributed by atoms with Gasteiger partial charge in [-0.1, -0.05) is 6.07 Å². The van der Waals surface area contributed by atoms with Crippen molar-refractivity contribution in [2.75, 3.05) is 19.7 Å². The topological polar surface area (TPSA) is 76.1 Å². The average Bonchev–Trinajstić information content (AvgIpc) is 2.81. The number of benzene rings is 2. The number of likely N-dealkylation sites (N-methyl/N-ethyl adjacent to an activating group) is 1. The molecule has 11 heteroatoms. The first-order valence-electron chi connectivity index (χ1n) is 10.1. The van der Waals surface area contributed by atoms with Crippen LogP contribution in [-0.2, 0) is 16.2 Å². The molecule has 0 aliphatic rings. The second-order valence-electron chi connectivity index (χ2n) is 7.02. The highest BCUT2D eigenvalue weighted by molar-refractivity contribution is 5.95. The van der Waals surface area contributed by atoms with Crippen LogP contribution in [0.25, 0.3) is 5.57 Å². The van der Waals surface area contributed by atoms with E-state index in [9.17, 15) is 31.5 Å². The molecule has 2 rings (SSSR count). The number of rotatable bonds is 10. The molecule has 34 heavy (non-hydrogen) atoms. The van der Waals surface area contributed by atoms with E-state index in [1.165, 1.54) is 24.3 Å². The summed E-state index contributed by atoms with van der Waals surface area (Å²) in [4.78, 5) is 24.8. The Hall–Kier alpha value is -3.63. The van der Waals surface area contributed by atoms with Gasteiger partial charge in [-0.2, -0.15) is 0 Å². The van der Waals surface area contributed by atoms with E-state index in [1.54, 1.807) is 11.8 Å². The molecule has 2 aromatic rings. The minimum atomic E-state index is -2.30. The second kappa shape index (κ2) is 11.5. The number of amides is 1. The van der Waals surface area contributed by atoms with Gasteiger partial charge in [0.05, 0.1) is 5.56 Å². The molecule has 0 fully saturated rings. The summed E-state index contributed by atoms with van der Waals surface area (Å²) in [5.74, 6) is -12.6. The van der Waals surface area contributed by atoms with Crippen LogP contribution in [0.4, 0.5) is 22.0 Å². The van der Waals surface area contributed by atoms with Crippen LogP contribution in [0.2, 0.25) is 0 Å². The summed E-state index contributed by atoms with van der Waals surface area (Å²) in [5, 5.41) is 8.90. The maximum atomic E-state index is 13.9. The molecule has 0 saturated heterocycles. The molecule has 0 saturated carbocycles. The van der Waals surface area contributed by atoms with Crippen LogP contribution >= 0.6 is 0 Å². The summed E-state index contributed by atoms with van der Waals surface area (Å²) < 4.78 is 78.3. The fraction of sp³-hybridized carbons (Fsp3) is 0.304. The highest BCUT2D eigenvalue weighted by Gasteiger charge is 2.26. The molecule has 6 nitrogen and oxygen atoms in total. The first-order chi connectivity index (χ1) is 16.0. The van der Waals surface area contributed by atoms with E-state index in [2.05, 4.69) is 0 Å². The Bertz CT molecular complexity index is 1090. The average molecular weight is 487 g/mol. The molecule has 0 bridgehead atoms. The van der Waals surface area contributed by atoms with E-state index in [-0.39, 0.29) is 17.4 Å². The third kappa shape index (κ3) is 6.03. The van der Waals surface area contributed by atoms with Crippen LogP contribution in [0.3, 0.4) is 0 Å². The number of carbonyl (C=O) groups excluding carboxylic acids is 1. The molecule has 0 radical (unpaired) electrons. The van der Waals surface area contributed by atoms with Crippen molar-refractivity contribution in [1.29, 1.82) is 0 Å². The van der Waals surface area contributed by atoms with Gasteiger partial charge in [0.1, 0.15) is 6.61 Å². The van der Waals surface area contributed by atoms with Crippen LogP contribution in [-0.4, -0.2) is 41.6 Å². The molecule has 0 unspecified atom stereocenters. The Balaban J connectivity index is 2.38. The lowest BCUT2D eigenvalue weighted by Crippen LogP contribution is -2.28. The Morgan fingerprint density at radius 3 is 2.00 bits per heavy atom. The first kappa shape index (κ1) is 26.6. The minimum absolute atomic E-state index is 0.174. The van der Waals surface area contributed by atoms with E-state index < -0.39 is 53.8 Å². The molecule has 1 N–H and O–H groups in total. The monoisotopic (exact) mass is 487 g/mol. The van der Waals surface area contributed by atoms with Crippen molar-refractivity contribution >= 4 is 17.4 Å². The molecule has 1 amide bonds. The van der Waals surface area contributed by atoms with E-state index in [4.69, 9.17) is 14.6 Å². The number of aliphatic carboxylic acids is 1. The zero-order valence-electron chi connectivity index (χ0n) is 18.6. The van der Waals surface area contributed by atoms with E-state index >= 15 is 0 Å². The summed E-state index contributed by atoms with van der Waals surface area (Å²) in [6.45, 7) is 4.41. The maximum Gasteiger partial charge on any atom is 0.341 e. The van der Waals surface area contributed by atoms with Crippen molar-refractivity contribution in [2.45, 2.75) is 27.4 Å². The SMILES string of the molecule is CCN(CC)C(=O)C=C(C)c1ccc(OCc2c(F)c(F)c(F)c(F)c2F)c(OCC(=O)O)c1. The summed E-state index contributed by atoms with van der Waals surface area (Å²) in [5.41, 5.74) is -0.251. The zero-order valence-corrected chi connectivity index (χ0v) is 18.6. The van der Waals surface area contributed by atoms with Gasteiger partial charge in [0.25, 0.3) is 0 Å². The number of carboxylic acid groups (broad SMARTS) is 1. The number of hydrogen-bond donors (Lipinski definition) is 1. The highest BCUT2D eigenvalue weighted by atomic mass is 19.2. The Kier molecular flexibility index (Phi) is 8.99. The number of hydrogen-bond acceptors (Lipinski definition) is 4. The van der Waals surface area contributed by atoms with Crippen LogP contribution in [0.5, 0.6) is 11.5 Å². The molecular formula is C23H22F5NO5. The molecule has 184 valence electrons. The molecule has 0 aromatic heterocycles. The van der Waals surface area contributed by atoms with Gasteiger partial charge in [0.2, 0.25) is 11.7 Å². The predicted octanol–water partition coefficient (Wildman–Crippen LogP) is 4.70. The lowest BCUT2D eigenvalue weighted by atomic mass is 10.1. The minimum Gasteiger partial charge on any atom is -0.485 e. The largest absolute Gasteiger partial charge is 0.485 e. The van der Waals surface area contributed by atoms with Crippen LogP contribution in [0.15, 0.2) is 24.3 Å². The van der Waals surface area contributed by atoms with Crippen molar-refractivity contribution in [2.24, 2.45) is 0 Å². The molecule has 0 heterocycles. The van der Waals surface area contributed by atoms with Gasteiger partial charge in [-0.3, -0.25) is 4.79 Å². The third-order valence-electron chi connectivity index (χ3n) is 4.84. The Labute approximate surface area is 192 Å². The fourth-order valence-corrected chi connectivity index (χ4v) is 2.95. The van der Waals surface area contributed by atoms with E-state index in [1.807, 2.05) is 13.8 Å². The van der Waals surface area contributed by atoms with Gasteiger partial charge >= 0.3 is 5.97 Å². The molecule has 0 aliphatic carbocycles. The maximum absolute atomic E-state index is 13.9. The van der Waals surface area contributed by atoms with Crippen LogP contribution in [0.1, 0.15) is 31.9 Å². The highest BCUT2D eigenvalue weighted by Crippen LogP contribution is 2.33. The normalized spacial score (nSPS) is 11.4. The van der Waals surface area contributed by atoms with Gasteiger partial charge in [-0.15, -0.1) is 0 Å². The lowest BCUT2D eigenvalue weighted by molar-refractivity contribution is -0.139. The molecular weight excluding hydrogens is 465 g/mol. The van der Waals surface area contributed by atoms with Crippen LogP contribution < -0.4 is 9.47 Å². The summed E-state index contributed by atoms with van der Waals surface area (Å²) in [7, 11) is 0. The number of nitrogens with zero attached hydrogens (tertiary/aromatic N) is 1. The van der Waals surface area contributed by atoms with Crippen molar-refractivity contribution in [3.05, 3.63) is 64.5 Å². The van der Waals surface area contributed by atoms with Gasteiger partial charge in [0, 0.05) is 19.2 Å². The number of ether oxygens (including phenoxy) is 2. The van der Waals surface area contributed by atoms with Crippen molar-refractivity contribution < 1.29 is 46.1 Å². The molecule has 0 atom stereocenters. The van der Waals surface area contributed by atoms with E-state index in [0.29, 0.717) is 24.2 Å². The number of allylic oxidation sites excluding steroid dienone is 1. The number of carboxylic acids is 1. The van der Waals surface area contributed by atoms with Crippen molar-refractivity contribution in [1.82, 2.24) is 4.90 Å². The summed E-state index contributed by atoms with van der Waals surface area (Å²) >= 11 is 0. The third-order valence-corrected chi connectivity index (χ3v) is 4.84. The van der Waals surface area contributed by atoms with Crippen molar-refractivity contribution in [3.8, 4) is 11.5 Å². The van der Waals surface area contributed by atoms with E-state index in [0.717, 1.165) is 0 Å². The van der Waals surface area contributed by atoms with Crippen LogP contribution in [0, 0.1) is 29.1 Å². The Morgan fingerprint density at radius 2 is 1.47 bits per heavy atom. The van der Waals surface area contributed by atoms with Gasteiger partial charge in [-0.25, -0.2) is 26.7 Å². The summed E-state index contributed by atoms with van der Waals surface area (Å²) in [6.07, 6.45) is 1.37. The second-order valence-corrected chi connectivity index (χ2v) is 7.02. The first-order valence-corrected chi connectivity index (χ1v) is 10.1. The summed E-state index contributed by atoms with van der Waals surface area (Å²) in [6, 6.07) is 4.05. The predicted molar refractivity (Wildman–Crippen MR) is 112 cm³/mol. The number of carbonyl (C=O) groups is 2. The number of halogens is 5. The fourth-order valence-electron chi connectivity index (χ4n) is 2.95. The van der Waals surface area contributed by atoms with Gasteiger partial charge < -0.3 is 19.5 Å². The van der Waals surface area contributed by atoms with Crippen molar-refractivity contribution in [3.63, 3.8) is 0 Å². The molecule has 2 aromatic carbocycles. The lowest BCUT2D eigenvalue weighted by Gasteiger charge is -2.17. The van der Waals surface area contributed by atoms with Gasteiger partial charge in [0.15, 0.2) is 41.4 Å². The zero-order chi connectivity index (χ0) is 25.6. The Morgan fingerprint density at radius 1 is 0.912 bits per heavy atom. The standard InChI is InChI=1S/C23H22F5NO5/c1-4-29(5-2)17(30)8-12(3)13-6-7-15(16(9-13)34-11-18(31)32)33-10-14-19(24)21(26)23(28)22(27)20(14)25/h6-9H,4-5,10-11H2,1-3H3,(H,31,32).